The highest BCUT2D eigenvalue weighted by molar-refractivity contribution is 6.00. The first-order chi connectivity index (χ1) is 12.1. The average Bonchev–Trinajstić information content (AvgIpc) is 2.64. The molecule has 0 fully saturated rings. The van der Waals surface area contributed by atoms with Gasteiger partial charge in [-0.1, -0.05) is 48.5 Å². The smallest absolute Gasteiger partial charge is 0.313 e. The van der Waals surface area contributed by atoms with E-state index in [4.69, 9.17) is 0 Å². The second-order valence-corrected chi connectivity index (χ2v) is 6.21. The second-order valence-electron chi connectivity index (χ2n) is 6.21. The molecule has 25 heavy (non-hydrogen) atoms. The molecule has 5 nitrogen and oxygen atoms in total. The van der Waals surface area contributed by atoms with E-state index in [-0.39, 0.29) is 5.91 Å². The molecule has 130 valence electrons. The van der Waals surface area contributed by atoms with Crippen LogP contribution in [0.3, 0.4) is 0 Å². The summed E-state index contributed by atoms with van der Waals surface area (Å²) in [6, 6.07) is 16.0. The lowest BCUT2D eigenvalue weighted by Crippen LogP contribution is -2.45. The number of hydrogen-bond donors (Lipinski definition) is 2. The Kier molecular flexibility index (Phi) is 5.14. The molecule has 2 atom stereocenters. The van der Waals surface area contributed by atoms with Crippen LogP contribution in [-0.4, -0.2) is 42.0 Å². The molecule has 0 bridgehead atoms. The van der Waals surface area contributed by atoms with Crippen LogP contribution in [0, 0.1) is 0 Å². The monoisotopic (exact) mass is 338 g/mol. The molecule has 1 amide bonds. The van der Waals surface area contributed by atoms with Gasteiger partial charge in [-0.05, 0) is 37.2 Å². The summed E-state index contributed by atoms with van der Waals surface area (Å²) in [5, 5.41) is 13.0. The second kappa shape index (κ2) is 7.49. The molecule has 1 aliphatic heterocycles. The average molecular weight is 338 g/mol. The van der Waals surface area contributed by atoms with E-state index >= 15 is 0 Å². The summed E-state index contributed by atoms with van der Waals surface area (Å²) in [6.45, 7) is 1.28. The van der Waals surface area contributed by atoms with Gasteiger partial charge in [0.05, 0.1) is 6.04 Å². The number of aliphatic carboxylic acids is 1. The number of benzene rings is 2. The molecule has 3 rings (SSSR count). The Morgan fingerprint density at radius 3 is 2.48 bits per heavy atom. The summed E-state index contributed by atoms with van der Waals surface area (Å²) in [6.07, 6.45) is 0.764. The lowest BCUT2D eigenvalue weighted by molar-refractivity contribution is -0.140. The van der Waals surface area contributed by atoms with Crippen LogP contribution in [0.15, 0.2) is 54.6 Å². The topological polar surface area (TPSA) is 69.6 Å². The number of carbonyl (C=O) groups excluding carboxylic acids is 1. The maximum Gasteiger partial charge on any atom is 0.313 e. The molecule has 2 aromatic rings. The molecule has 0 radical (unpaired) electrons. The zero-order valence-corrected chi connectivity index (χ0v) is 14.2. The van der Waals surface area contributed by atoms with Crippen LogP contribution in [0.1, 0.15) is 39.9 Å². The van der Waals surface area contributed by atoms with Crippen molar-refractivity contribution in [2.45, 2.75) is 18.4 Å². The Balaban J connectivity index is 2.11. The van der Waals surface area contributed by atoms with E-state index in [2.05, 4.69) is 5.32 Å². The van der Waals surface area contributed by atoms with Gasteiger partial charge in [0.1, 0.15) is 5.92 Å². The van der Waals surface area contributed by atoms with E-state index in [1.165, 1.54) is 0 Å². The van der Waals surface area contributed by atoms with Crippen LogP contribution in [0.5, 0.6) is 0 Å². The molecule has 1 aliphatic rings. The predicted octanol–water partition coefficient (Wildman–Crippen LogP) is 2.66. The van der Waals surface area contributed by atoms with Crippen molar-refractivity contribution in [1.82, 2.24) is 10.2 Å². The highest BCUT2D eigenvalue weighted by atomic mass is 16.4. The minimum atomic E-state index is -0.910. The molecule has 2 N–H and O–H groups in total. The molecule has 0 spiro atoms. The lowest BCUT2D eigenvalue weighted by atomic mass is 9.79. The molecular formula is C20H22N2O3. The molecule has 0 aromatic heterocycles. The van der Waals surface area contributed by atoms with Crippen LogP contribution in [0.4, 0.5) is 0 Å². The summed E-state index contributed by atoms with van der Waals surface area (Å²) < 4.78 is 0. The van der Waals surface area contributed by atoms with Gasteiger partial charge >= 0.3 is 5.97 Å². The van der Waals surface area contributed by atoms with Gasteiger partial charge in [-0.2, -0.15) is 0 Å². The number of nitrogens with zero attached hydrogens (tertiary/aromatic N) is 1. The highest BCUT2D eigenvalue weighted by Crippen LogP contribution is 2.42. The fraction of sp³-hybridized carbons (Fsp3) is 0.300. The Bertz CT molecular complexity index is 761. The molecular weight excluding hydrogens is 316 g/mol. The van der Waals surface area contributed by atoms with Crippen LogP contribution in [0.2, 0.25) is 0 Å². The first kappa shape index (κ1) is 17.2. The van der Waals surface area contributed by atoms with E-state index in [0.717, 1.165) is 18.5 Å². The minimum Gasteiger partial charge on any atom is -0.481 e. The van der Waals surface area contributed by atoms with E-state index in [0.29, 0.717) is 17.7 Å². The molecule has 0 aliphatic carbocycles. The molecule has 1 heterocycles. The summed E-state index contributed by atoms with van der Waals surface area (Å²) in [5.41, 5.74) is 1.94. The van der Waals surface area contributed by atoms with Crippen molar-refractivity contribution in [2.75, 3.05) is 20.1 Å². The molecule has 0 saturated heterocycles. The van der Waals surface area contributed by atoms with Crippen LogP contribution in [-0.2, 0) is 4.79 Å². The van der Waals surface area contributed by atoms with Crippen molar-refractivity contribution in [3.05, 3.63) is 71.3 Å². The van der Waals surface area contributed by atoms with E-state index in [1.54, 1.807) is 29.2 Å². The number of fused-ring (bicyclic) bond motifs is 1. The Labute approximate surface area is 147 Å². The van der Waals surface area contributed by atoms with Gasteiger partial charge in [0.15, 0.2) is 0 Å². The number of hydrogen-bond acceptors (Lipinski definition) is 3. The lowest BCUT2D eigenvalue weighted by Gasteiger charge is -2.41. The summed E-state index contributed by atoms with van der Waals surface area (Å²) in [4.78, 5) is 26.9. The summed E-state index contributed by atoms with van der Waals surface area (Å²) >= 11 is 0. The number of rotatable bonds is 6. The minimum absolute atomic E-state index is 0.0990. The van der Waals surface area contributed by atoms with Crippen LogP contribution in [0.25, 0.3) is 0 Å². The van der Waals surface area contributed by atoms with Crippen LogP contribution >= 0.6 is 0 Å². The van der Waals surface area contributed by atoms with Gasteiger partial charge in [-0.25, -0.2) is 0 Å². The Hall–Kier alpha value is -2.66. The summed E-state index contributed by atoms with van der Waals surface area (Å²) in [5.74, 6) is -1.78. The fourth-order valence-electron chi connectivity index (χ4n) is 3.55. The number of nitrogens with one attached hydrogen (secondary N) is 1. The van der Waals surface area contributed by atoms with E-state index in [1.807, 2.05) is 37.4 Å². The van der Waals surface area contributed by atoms with Crippen molar-refractivity contribution in [2.24, 2.45) is 0 Å². The van der Waals surface area contributed by atoms with Gasteiger partial charge in [-0.3, -0.25) is 9.59 Å². The maximum absolute atomic E-state index is 13.1. The normalized spacial score (nSPS) is 19.6. The quantitative estimate of drug-likeness (QED) is 0.795. The van der Waals surface area contributed by atoms with Crippen LogP contribution < -0.4 is 5.32 Å². The first-order valence-corrected chi connectivity index (χ1v) is 8.47. The zero-order chi connectivity index (χ0) is 17.8. The third-order valence-corrected chi connectivity index (χ3v) is 4.67. The third kappa shape index (κ3) is 3.28. The van der Waals surface area contributed by atoms with Gasteiger partial charge in [0.2, 0.25) is 0 Å². The molecule has 0 saturated carbocycles. The first-order valence-electron chi connectivity index (χ1n) is 8.47. The zero-order valence-electron chi connectivity index (χ0n) is 14.2. The predicted molar refractivity (Wildman–Crippen MR) is 95.6 cm³/mol. The number of carboxylic acid groups (broad SMARTS) is 1. The fourth-order valence-corrected chi connectivity index (χ4v) is 3.55. The summed E-state index contributed by atoms with van der Waals surface area (Å²) in [7, 11) is 1.86. The van der Waals surface area contributed by atoms with Gasteiger partial charge in [0, 0.05) is 12.1 Å². The molecule has 5 heteroatoms. The third-order valence-electron chi connectivity index (χ3n) is 4.67. The van der Waals surface area contributed by atoms with E-state index in [9.17, 15) is 14.7 Å². The van der Waals surface area contributed by atoms with Gasteiger partial charge in [0.25, 0.3) is 5.91 Å². The standard InChI is InChI=1S/C20H22N2O3/c1-21-12-7-13-22-18(14-8-3-2-4-9-14)17(20(24)25)15-10-5-6-11-16(15)19(22)23/h2-6,8-11,17-18,21H,7,12-13H2,1H3,(H,24,25)/t17-,18+/m1/s1. The van der Waals surface area contributed by atoms with Crippen molar-refractivity contribution in [3.63, 3.8) is 0 Å². The molecule has 2 aromatic carbocycles. The molecule has 0 unspecified atom stereocenters. The number of carboxylic acids is 1. The highest BCUT2D eigenvalue weighted by Gasteiger charge is 2.43. The Morgan fingerprint density at radius 2 is 1.80 bits per heavy atom. The van der Waals surface area contributed by atoms with Gasteiger partial charge < -0.3 is 15.3 Å². The van der Waals surface area contributed by atoms with Crippen molar-refractivity contribution >= 4 is 11.9 Å². The van der Waals surface area contributed by atoms with Crippen molar-refractivity contribution < 1.29 is 14.7 Å². The van der Waals surface area contributed by atoms with Crippen molar-refractivity contribution in [3.8, 4) is 0 Å². The largest absolute Gasteiger partial charge is 0.481 e. The van der Waals surface area contributed by atoms with Crippen molar-refractivity contribution in [1.29, 1.82) is 0 Å². The number of amides is 1. The maximum atomic E-state index is 13.1. The SMILES string of the molecule is CNCCCN1C(=O)c2ccccc2[C@@H](C(=O)O)[C@@H]1c1ccccc1. The van der Waals surface area contributed by atoms with E-state index < -0.39 is 17.9 Å². The Morgan fingerprint density at radius 1 is 1.12 bits per heavy atom. The van der Waals surface area contributed by atoms with Gasteiger partial charge in [-0.15, -0.1) is 0 Å². The number of carbonyl (C=O) groups is 2.